The standard InChI is InChI=1S/C12H18O5/c1-4-5-6-17-12(16)10(9(3)13)7-8(2)11(14)15/h7,10H,4-6H2,1-3H3,(H,14,15). The van der Waals surface area contributed by atoms with Crippen LogP contribution in [0.1, 0.15) is 33.6 Å². The van der Waals surface area contributed by atoms with Crippen LogP contribution in [0.15, 0.2) is 11.6 Å². The maximum Gasteiger partial charge on any atom is 0.330 e. The molecule has 0 saturated carbocycles. The molecule has 0 aromatic heterocycles. The molecular weight excluding hydrogens is 224 g/mol. The maximum atomic E-state index is 11.5. The van der Waals surface area contributed by atoms with E-state index in [4.69, 9.17) is 9.84 Å². The van der Waals surface area contributed by atoms with Gasteiger partial charge >= 0.3 is 11.9 Å². The van der Waals surface area contributed by atoms with E-state index in [1.54, 1.807) is 0 Å². The Morgan fingerprint density at radius 1 is 1.29 bits per heavy atom. The molecule has 0 aliphatic rings. The number of carbonyl (C=O) groups is 3. The molecule has 0 aromatic carbocycles. The molecule has 0 fully saturated rings. The number of carboxylic acid groups (broad SMARTS) is 1. The monoisotopic (exact) mass is 242 g/mol. The number of rotatable bonds is 7. The molecule has 5 heteroatoms. The summed E-state index contributed by atoms with van der Waals surface area (Å²) in [5.74, 6) is -3.39. The zero-order valence-electron chi connectivity index (χ0n) is 10.4. The summed E-state index contributed by atoms with van der Waals surface area (Å²) in [5.41, 5.74) is -0.0439. The van der Waals surface area contributed by atoms with Crippen molar-refractivity contribution in [3.8, 4) is 0 Å². The predicted octanol–water partition coefficient (Wildman–Crippen LogP) is 1.57. The number of ether oxygens (including phenoxy) is 1. The third-order valence-electron chi connectivity index (χ3n) is 2.19. The summed E-state index contributed by atoms with van der Waals surface area (Å²) >= 11 is 0. The zero-order chi connectivity index (χ0) is 13.4. The lowest BCUT2D eigenvalue weighted by atomic mass is 10.0. The fraction of sp³-hybridized carbons (Fsp3) is 0.583. The average Bonchev–Trinajstić information content (AvgIpc) is 2.24. The van der Waals surface area contributed by atoms with E-state index < -0.39 is 23.6 Å². The van der Waals surface area contributed by atoms with E-state index >= 15 is 0 Å². The highest BCUT2D eigenvalue weighted by atomic mass is 16.5. The SMILES string of the molecule is CCCCOC(=O)C(C=C(C)C(=O)O)C(C)=O. The van der Waals surface area contributed by atoms with Gasteiger partial charge in [-0.25, -0.2) is 4.79 Å². The molecule has 0 amide bonds. The van der Waals surface area contributed by atoms with Gasteiger partial charge in [0.2, 0.25) is 0 Å². The molecule has 0 spiro atoms. The molecule has 0 aliphatic carbocycles. The van der Waals surface area contributed by atoms with Crippen molar-refractivity contribution in [2.24, 2.45) is 5.92 Å². The number of unbranched alkanes of at least 4 members (excludes halogenated alkanes) is 1. The van der Waals surface area contributed by atoms with E-state index in [9.17, 15) is 14.4 Å². The summed E-state index contributed by atoms with van der Waals surface area (Å²) in [6.07, 6.45) is 2.72. The van der Waals surface area contributed by atoms with E-state index in [2.05, 4.69) is 0 Å². The van der Waals surface area contributed by atoms with Crippen molar-refractivity contribution < 1.29 is 24.2 Å². The number of hydrogen-bond acceptors (Lipinski definition) is 4. The first kappa shape index (κ1) is 15.3. The maximum absolute atomic E-state index is 11.5. The molecule has 96 valence electrons. The van der Waals surface area contributed by atoms with Crippen LogP contribution in [0.25, 0.3) is 0 Å². The van der Waals surface area contributed by atoms with Crippen molar-refractivity contribution >= 4 is 17.7 Å². The number of hydrogen-bond donors (Lipinski definition) is 1. The first-order valence-corrected chi connectivity index (χ1v) is 5.49. The van der Waals surface area contributed by atoms with Crippen LogP contribution < -0.4 is 0 Å². The second kappa shape index (κ2) is 7.60. The largest absolute Gasteiger partial charge is 0.478 e. The fourth-order valence-electron chi connectivity index (χ4n) is 1.08. The Labute approximate surface area is 100 Å². The minimum absolute atomic E-state index is 0.0439. The van der Waals surface area contributed by atoms with Crippen molar-refractivity contribution in [2.45, 2.75) is 33.6 Å². The van der Waals surface area contributed by atoms with E-state index in [0.717, 1.165) is 18.9 Å². The molecular formula is C12H18O5. The summed E-state index contributed by atoms with van der Waals surface area (Å²) in [6, 6.07) is 0. The van der Waals surface area contributed by atoms with Gasteiger partial charge in [0.1, 0.15) is 11.7 Å². The summed E-state index contributed by atoms with van der Waals surface area (Å²) < 4.78 is 4.89. The van der Waals surface area contributed by atoms with Crippen molar-refractivity contribution in [1.29, 1.82) is 0 Å². The van der Waals surface area contributed by atoms with E-state index in [-0.39, 0.29) is 12.2 Å². The van der Waals surface area contributed by atoms with Gasteiger partial charge in [0.05, 0.1) is 6.61 Å². The minimum Gasteiger partial charge on any atom is -0.478 e. The van der Waals surface area contributed by atoms with Crippen LogP contribution in [0.2, 0.25) is 0 Å². The molecule has 1 N–H and O–H groups in total. The fourth-order valence-corrected chi connectivity index (χ4v) is 1.08. The van der Waals surface area contributed by atoms with Gasteiger partial charge in [0.25, 0.3) is 0 Å². The molecule has 17 heavy (non-hydrogen) atoms. The van der Waals surface area contributed by atoms with E-state index in [0.29, 0.717) is 0 Å². The van der Waals surface area contributed by atoms with E-state index in [1.807, 2.05) is 6.92 Å². The van der Waals surface area contributed by atoms with E-state index in [1.165, 1.54) is 13.8 Å². The molecule has 0 saturated heterocycles. The quantitative estimate of drug-likeness (QED) is 0.317. The molecule has 0 heterocycles. The molecule has 5 nitrogen and oxygen atoms in total. The van der Waals surface area contributed by atoms with Gasteiger partial charge in [-0.1, -0.05) is 19.4 Å². The third kappa shape index (κ3) is 5.85. The van der Waals surface area contributed by atoms with Crippen LogP contribution in [-0.2, 0) is 19.1 Å². The number of Topliss-reactive ketones (excluding diaryl/α,β-unsaturated/α-hetero) is 1. The Morgan fingerprint density at radius 2 is 1.88 bits per heavy atom. The smallest absolute Gasteiger partial charge is 0.330 e. The summed E-state index contributed by atoms with van der Waals surface area (Å²) in [4.78, 5) is 33.4. The van der Waals surface area contributed by atoms with Crippen molar-refractivity contribution in [3.05, 3.63) is 11.6 Å². The highest BCUT2D eigenvalue weighted by Crippen LogP contribution is 2.09. The molecule has 0 aliphatic heterocycles. The van der Waals surface area contributed by atoms with Gasteiger partial charge in [-0.05, 0) is 20.3 Å². The molecule has 0 aromatic rings. The molecule has 1 unspecified atom stereocenters. The highest BCUT2D eigenvalue weighted by Gasteiger charge is 2.23. The van der Waals surface area contributed by atoms with Gasteiger partial charge in [-0.2, -0.15) is 0 Å². The first-order valence-electron chi connectivity index (χ1n) is 5.49. The number of carboxylic acids is 1. The lowest BCUT2D eigenvalue weighted by molar-refractivity contribution is -0.149. The Morgan fingerprint density at radius 3 is 2.29 bits per heavy atom. The topological polar surface area (TPSA) is 80.7 Å². The van der Waals surface area contributed by atoms with Crippen LogP contribution >= 0.6 is 0 Å². The lowest BCUT2D eigenvalue weighted by Crippen LogP contribution is -2.23. The molecule has 0 radical (unpaired) electrons. The van der Waals surface area contributed by atoms with Crippen LogP contribution in [0.3, 0.4) is 0 Å². The minimum atomic E-state index is -1.15. The number of ketones is 1. The van der Waals surface area contributed by atoms with Crippen LogP contribution in [0, 0.1) is 5.92 Å². The van der Waals surface area contributed by atoms with Gasteiger partial charge in [0.15, 0.2) is 0 Å². The summed E-state index contributed by atoms with van der Waals surface area (Å²) in [5, 5.41) is 8.68. The normalized spacial score (nSPS) is 13.0. The molecule has 0 rings (SSSR count). The number of carbonyl (C=O) groups excluding carboxylic acids is 2. The van der Waals surface area contributed by atoms with Gasteiger partial charge in [-0.3, -0.25) is 9.59 Å². The predicted molar refractivity (Wildman–Crippen MR) is 61.4 cm³/mol. The Bertz CT molecular complexity index is 330. The van der Waals surface area contributed by atoms with Gasteiger partial charge in [0, 0.05) is 5.57 Å². The number of aliphatic carboxylic acids is 1. The zero-order valence-corrected chi connectivity index (χ0v) is 10.4. The Balaban J connectivity index is 4.64. The summed E-state index contributed by atoms with van der Waals surface area (Å²) in [7, 11) is 0. The number of esters is 1. The second-order valence-corrected chi connectivity index (χ2v) is 3.76. The van der Waals surface area contributed by atoms with Gasteiger partial charge in [-0.15, -0.1) is 0 Å². The lowest BCUT2D eigenvalue weighted by Gasteiger charge is -2.09. The Kier molecular flexibility index (Phi) is 6.86. The summed E-state index contributed by atoms with van der Waals surface area (Å²) in [6.45, 7) is 4.76. The first-order chi connectivity index (χ1) is 7.90. The third-order valence-corrected chi connectivity index (χ3v) is 2.19. The van der Waals surface area contributed by atoms with Crippen molar-refractivity contribution in [1.82, 2.24) is 0 Å². The van der Waals surface area contributed by atoms with Crippen LogP contribution in [0.4, 0.5) is 0 Å². The van der Waals surface area contributed by atoms with Gasteiger partial charge < -0.3 is 9.84 Å². The van der Waals surface area contributed by atoms with Crippen LogP contribution in [0.5, 0.6) is 0 Å². The molecule has 0 bridgehead atoms. The highest BCUT2D eigenvalue weighted by molar-refractivity contribution is 6.01. The average molecular weight is 242 g/mol. The van der Waals surface area contributed by atoms with Crippen molar-refractivity contribution in [2.75, 3.05) is 6.61 Å². The second-order valence-electron chi connectivity index (χ2n) is 3.76. The van der Waals surface area contributed by atoms with Crippen LogP contribution in [-0.4, -0.2) is 29.4 Å². The van der Waals surface area contributed by atoms with Crippen molar-refractivity contribution in [3.63, 3.8) is 0 Å². The Hall–Kier alpha value is -1.65. The molecule has 1 atom stereocenters.